The van der Waals surface area contributed by atoms with Crippen LogP contribution >= 0.6 is 0 Å². The summed E-state index contributed by atoms with van der Waals surface area (Å²) in [7, 11) is 0. The topological polar surface area (TPSA) is 108 Å². The molecule has 186 valence electrons. The molecular weight excluding hydrogens is 464 g/mol. The zero-order chi connectivity index (χ0) is 25.2. The molecule has 1 amide bonds. The molecule has 3 aliphatic rings. The lowest BCUT2D eigenvalue weighted by Gasteiger charge is -2.42. The Morgan fingerprint density at radius 2 is 1.75 bits per heavy atom. The van der Waals surface area contributed by atoms with Gasteiger partial charge >= 0.3 is 11.4 Å². The largest absolute Gasteiger partial charge is 0.508 e. The van der Waals surface area contributed by atoms with Crippen LogP contribution in [0.4, 0.5) is 0 Å². The SMILES string of the molecule is CC1(C)Oc2cc(O)ccc2C2C1=CCn1c(=O)n(-c3ccc(C(=O)N4CCOCC4)cc3)c(=O)n12. The summed E-state index contributed by atoms with van der Waals surface area (Å²) in [5.74, 6) is 0.415. The molecule has 0 aliphatic carbocycles. The Bertz CT molecular complexity index is 1520. The third-order valence-corrected chi connectivity index (χ3v) is 7.11. The maximum Gasteiger partial charge on any atom is 0.352 e. The normalized spacial score (nSPS) is 20.0. The number of aromatic hydroxyl groups is 1. The van der Waals surface area contributed by atoms with Crippen LogP contribution in [0.3, 0.4) is 0 Å². The van der Waals surface area contributed by atoms with Gasteiger partial charge in [0.05, 0.1) is 25.4 Å². The van der Waals surface area contributed by atoms with Gasteiger partial charge in [-0.25, -0.2) is 23.5 Å². The number of nitrogens with zero attached hydrogens (tertiary/aromatic N) is 4. The molecule has 10 heteroatoms. The molecule has 2 aromatic carbocycles. The number of aromatic nitrogens is 3. The maximum absolute atomic E-state index is 13.7. The summed E-state index contributed by atoms with van der Waals surface area (Å²) >= 11 is 0. The number of allylic oxidation sites excluding steroid dienone is 1. The lowest BCUT2D eigenvalue weighted by molar-refractivity contribution is 0.0303. The fourth-order valence-electron chi connectivity index (χ4n) is 5.31. The number of rotatable bonds is 2. The zero-order valence-corrected chi connectivity index (χ0v) is 20.0. The van der Waals surface area contributed by atoms with E-state index in [0.29, 0.717) is 48.9 Å². The van der Waals surface area contributed by atoms with Gasteiger partial charge in [0.2, 0.25) is 0 Å². The summed E-state index contributed by atoms with van der Waals surface area (Å²) in [5.41, 5.74) is 0.740. The third kappa shape index (κ3) is 3.32. The van der Waals surface area contributed by atoms with Gasteiger partial charge < -0.3 is 19.5 Å². The molecule has 0 saturated carbocycles. The van der Waals surface area contributed by atoms with Gasteiger partial charge in [-0.1, -0.05) is 6.08 Å². The van der Waals surface area contributed by atoms with E-state index in [1.54, 1.807) is 41.3 Å². The van der Waals surface area contributed by atoms with E-state index < -0.39 is 23.0 Å². The minimum absolute atomic E-state index is 0.0572. The van der Waals surface area contributed by atoms with Crippen molar-refractivity contribution in [2.24, 2.45) is 0 Å². The van der Waals surface area contributed by atoms with Crippen LogP contribution in [0.1, 0.15) is 35.8 Å². The van der Waals surface area contributed by atoms with Crippen molar-refractivity contribution in [2.75, 3.05) is 26.3 Å². The van der Waals surface area contributed by atoms with Crippen LogP contribution < -0.4 is 16.1 Å². The smallest absolute Gasteiger partial charge is 0.352 e. The molecular formula is C26H26N4O6. The lowest BCUT2D eigenvalue weighted by Crippen LogP contribution is -2.46. The van der Waals surface area contributed by atoms with E-state index >= 15 is 0 Å². The van der Waals surface area contributed by atoms with Gasteiger partial charge in [-0.2, -0.15) is 0 Å². The standard InChI is InChI=1S/C26H26N4O6/c1-26(2)20-9-10-28-24(33)29(17-5-3-16(4-6-17)23(32)27-11-13-35-14-12-27)25(34)30(28)22(20)19-8-7-18(31)15-21(19)36-26/h3-9,15,22,31H,10-14H2,1-2H3. The molecule has 6 rings (SSSR count). The van der Waals surface area contributed by atoms with Crippen LogP contribution in [0.2, 0.25) is 0 Å². The van der Waals surface area contributed by atoms with Crippen LogP contribution in [0.5, 0.6) is 11.5 Å². The van der Waals surface area contributed by atoms with E-state index in [4.69, 9.17) is 9.47 Å². The second-order valence-corrected chi connectivity index (χ2v) is 9.68. The molecule has 1 N–H and O–H groups in total. The summed E-state index contributed by atoms with van der Waals surface area (Å²) in [5, 5.41) is 9.99. The molecule has 4 heterocycles. The number of phenolic OH excluding ortho intramolecular Hbond substituents is 1. The minimum Gasteiger partial charge on any atom is -0.508 e. The number of morpholine rings is 1. The van der Waals surface area contributed by atoms with Crippen LogP contribution in [0.15, 0.2) is 63.7 Å². The highest BCUT2D eigenvalue weighted by molar-refractivity contribution is 5.94. The molecule has 3 aromatic rings. The zero-order valence-electron chi connectivity index (χ0n) is 20.0. The Hall–Kier alpha value is -4.05. The van der Waals surface area contributed by atoms with E-state index in [-0.39, 0.29) is 18.2 Å². The molecule has 1 unspecified atom stereocenters. The first-order chi connectivity index (χ1) is 17.3. The Kier molecular flexibility index (Phi) is 4.97. The van der Waals surface area contributed by atoms with E-state index in [0.717, 1.165) is 10.1 Å². The number of phenols is 1. The summed E-state index contributed by atoms with van der Waals surface area (Å²) in [6.07, 6.45) is 1.93. The lowest BCUT2D eigenvalue weighted by atomic mass is 9.83. The first kappa shape index (κ1) is 22.4. The molecule has 1 fully saturated rings. The van der Waals surface area contributed by atoms with Crippen LogP contribution in [0, 0.1) is 0 Å². The van der Waals surface area contributed by atoms with Crippen molar-refractivity contribution < 1.29 is 19.4 Å². The second kappa shape index (κ2) is 7.99. The number of fused-ring (bicyclic) bond motifs is 5. The predicted octanol–water partition coefficient (Wildman–Crippen LogP) is 1.68. The summed E-state index contributed by atoms with van der Waals surface area (Å²) < 4.78 is 15.5. The molecule has 36 heavy (non-hydrogen) atoms. The maximum atomic E-state index is 13.7. The number of hydrogen-bond acceptors (Lipinski definition) is 6. The Morgan fingerprint density at radius 1 is 1.03 bits per heavy atom. The highest BCUT2D eigenvalue weighted by atomic mass is 16.5. The van der Waals surface area contributed by atoms with Crippen LogP contribution in [0.25, 0.3) is 5.69 Å². The number of hydrogen-bond donors (Lipinski definition) is 1. The second-order valence-electron chi connectivity index (χ2n) is 9.68. The number of benzene rings is 2. The molecule has 0 bridgehead atoms. The van der Waals surface area contributed by atoms with Gasteiger partial charge in [-0.3, -0.25) is 4.79 Å². The molecule has 3 aliphatic heterocycles. The first-order valence-electron chi connectivity index (χ1n) is 11.9. The quantitative estimate of drug-likeness (QED) is 0.548. The van der Waals surface area contributed by atoms with Crippen molar-refractivity contribution in [1.82, 2.24) is 18.8 Å². The van der Waals surface area contributed by atoms with Crippen molar-refractivity contribution in [3.05, 3.63) is 86.2 Å². The molecule has 1 aromatic heterocycles. The van der Waals surface area contributed by atoms with Crippen molar-refractivity contribution in [3.8, 4) is 17.2 Å². The predicted molar refractivity (Wildman–Crippen MR) is 130 cm³/mol. The number of carbonyl (C=O) groups excluding carboxylic acids is 1. The highest BCUT2D eigenvalue weighted by Gasteiger charge is 2.43. The van der Waals surface area contributed by atoms with E-state index in [1.165, 1.54) is 15.4 Å². The van der Waals surface area contributed by atoms with Crippen LogP contribution in [-0.4, -0.2) is 61.7 Å². The van der Waals surface area contributed by atoms with Gasteiger partial charge in [-0.05, 0) is 55.8 Å². The van der Waals surface area contributed by atoms with E-state index in [2.05, 4.69) is 0 Å². The van der Waals surface area contributed by atoms with E-state index in [1.807, 2.05) is 19.9 Å². The van der Waals surface area contributed by atoms with Gasteiger partial charge in [-0.15, -0.1) is 0 Å². The van der Waals surface area contributed by atoms with Crippen molar-refractivity contribution >= 4 is 5.91 Å². The summed E-state index contributed by atoms with van der Waals surface area (Å²) in [6.45, 7) is 6.10. The monoisotopic (exact) mass is 490 g/mol. The Morgan fingerprint density at radius 3 is 2.47 bits per heavy atom. The van der Waals surface area contributed by atoms with Crippen LogP contribution in [-0.2, 0) is 11.3 Å². The van der Waals surface area contributed by atoms with Crippen molar-refractivity contribution in [1.29, 1.82) is 0 Å². The number of ether oxygens (including phenoxy) is 2. The molecule has 10 nitrogen and oxygen atoms in total. The fraction of sp³-hybridized carbons (Fsp3) is 0.346. The van der Waals surface area contributed by atoms with E-state index in [9.17, 15) is 19.5 Å². The van der Waals surface area contributed by atoms with Crippen molar-refractivity contribution in [2.45, 2.75) is 32.0 Å². The van der Waals surface area contributed by atoms with Gasteiger partial charge in [0.1, 0.15) is 23.1 Å². The van der Waals surface area contributed by atoms with Gasteiger partial charge in [0.15, 0.2) is 0 Å². The van der Waals surface area contributed by atoms with Gasteiger partial charge in [0, 0.05) is 30.3 Å². The number of amides is 1. The summed E-state index contributed by atoms with van der Waals surface area (Å²) in [6, 6.07) is 10.8. The van der Waals surface area contributed by atoms with Crippen molar-refractivity contribution in [3.63, 3.8) is 0 Å². The molecule has 0 spiro atoms. The average Bonchev–Trinajstić information content (AvgIpc) is 3.13. The Balaban J connectivity index is 1.43. The fourth-order valence-corrected chi connectivity index (χ4v) is 5.31. The Labute approximate surface area is 206 Å². The minimum atomic E-state index is -0.740. The molecule has 1 saturated heterocycles. The highest BCUT2D eigenvalue weighted by Crippen LogP contribution is 2.46. The average molecular weight is 491 g/mol. The van der Waals surface area contributed by atoms with Gasteiger partial charge in [0.25, 0.3) is 5.91 Å². The summed E-state index contributed by atoms with van der Waals surface area (Å²) in [4.78, 5) is 41.7. The molecule has 0 radical (unpaired) electrons. The molecule has 1 atom stereocenters. The first-order valence-corrected chi connectivity index (χ1v) is 11.9. The number of carbonyl (C=O) groups is 1. The third-order valence-electron chi connectivity index (χ3n) is 7.11.